The number of aliphatic hydroxyl groups excluding tert-OH is 3. The van der Waals surface area contributed by atoms with Gasteiger partial charge in [0.25, 0.3) is 0 Å². The van der Waals surface area contributed by atoms with Crippen molar-refractivity contribution in [1.82, 2.24) is 52.8 Å². The SMILES string of the molecule is CC(C)C[C@H](NC(=O)[C@H](CC(N)=O)NC(=O)[C@H](CCC(=O)O)NC(=O)[C@H](Cc1ccccc1)NC(=O)[C@H](Cc1ccccc1)NC(=O)[C@H](CO)NC(=O)[C@@H]1CCCN1C(=O)[C@H](CO)NC(=O)[C@@H](NC(=O)[C@H](Cc1ccc(O)cc1)NC(=O)[C@@H](N)CC(C)C)[C@@H](C)O)C(=O)O. The number of carbonyl (C=O) groups excluding carboxylic acids is 11. The van der Waals surface area contributed by atoms with E-state index in [2.05, 4.69) is 47.9 Å². The highest BCUT2D eigenvalue weighted by atomic mass is 16.4. The molecular formula is C63H88N12O19. The lowest BCUT2D eigenvalue weighted by Crippen LogP contribution is -2.62. The molecule has 11 amide bonds. The molecule has 0 bridgehead atoms. The van der Waals surface area contributed by atoms with Crippen LogP contribution in [0.4, 0.5) is 0 Å². The van der Waals surface area contributed by atoms with Crippen LogP contribution >= 0.6 is 0 Å². The van der Waals surface area contributed by atoms with Crippen molar-refractivity contribution in [3.05, 3.63) is 102 Å². The van der Waals surface area contributed by atoms with Gasteiger partial charge in [0.05, 0.1) is 31.8 Å². The van der Waals surface area contributed by atoms with Gasteiger partial charge in [0.1, 0.15) is 66.2 Å². The van der Waals surface area contributed by atoms with Gasteiger partial charge in [-0.15, -0.1) is 0 Å². The molecule has 31 nitrogen and oxygen atoms in total. The molecule has 19 N–H and O–H groups in total. The Morgan fingerprint density at radius 3 is 1.40 bits per heavy atom. The number of aliphatic carboxylic acids is 2. The van der Waals surface area contributed by atoms with Gasteiger partial charge in [-0.25, -0.2) is 4.79 Å². The highest BCUT2D eigenvalue weighted by molar-refractivity contribution is 6.00. The number of benzene rings is 3. The second-order valence-electron chi connectivity index (χ2n) is 23.8. The first-order chi connectivity index (χ1) is 44.4. The maximum atomic E-state index is 14.6. The number of likely N-dealkylation sites (tertiary alicyclic amines) is 1. The third kappa shape index (κ3) is 25.1. The summed E-state index contributed by atoms with van der Waals surface area (Å²) in [4.78, 5) is 177. The second kappa shape index (κ2) is 37.8. The van der Waals surface area contributed by atoms with Crippen LogP contribution in [0.15, 0.2) is 84.9 Å². The van der Waals surface area contributed by atoms with Crippen LogP contribution in [0.3, 0.4) is 0 Å². The Kier molecular flexibility index (Phi) is 30.9. The molecule has 4 rings (SSSR count). The molecule has 1 aliphatic rings. The standard InChI is InChI=1S/C63H88N12O19/c1-33(2)25-40(64)53(83)67-44(29-38-18-20-39(79)21-19-38)58(88)74-52(35(5)78)61(91)73-48(32-77)62(92)75-24-12-17-49(75)60(90)72-47(31-76)59(89)69-43(28-37-15-10-7-11-16-37)56(86)68-42(27-36-13-8-6-9-14-36)55(85)66-41(22-23-51(81)82)54(84)70-45(30-50(65)80)57(87)71-46(63(93)94)26-34(3)4/h6-11,13-16,18-21,33-35,40-49,52,76-79H,12,17,22-32,64H2,1-5H3,(H2,65,80)(H,66,85)(H,67,83)(H,68,86)(H,69,89)(H,70,84)(H,71,87)(H,72,90)(H,73,91)(H,74,88)(H,81,82)(H,93,94)/t35-,40+,41+,42+,43+,44+,45+,46+,47+,48+,49+,52+/m1/s1. The van der Waals surface area contributed by atoms with E-state index in [4.69, 9.17) is 11.5 Å². The number of phenols is 1. The van der Waals surface area contributed by atoms with Crippen LogP contribution in [0.1, 0.15) is 96.3 Å². The molecule has 1 fully saturated rings. The number of primary amides is 1. The molecule has 3 aromatic carbocycles. The predicted octanol–water partition coefficient (Wildman–Crippen LogP) is -3.62. The lowest BCUT2D eigenvalue weighted by atomic mass is 10.0. The van der Waals surface area contributed by atoms with Crippen LogP contribution in [0.25, 0.3) is 0 Å². The van der Waals surface area contributed by atoms with E-state index in [0.29, 0.717) is 16.7 Å². The predicted molar refractivity (Wildman–Crippen MR) is 335 cm³/mol. The van der Waals surface area contributed by atoms with Crippen molar-refractivity contribution in [3.63, 3.8) is 0 Å². The first kappa shape index (κ1) is 76.9. The van der Waals surface area contributed by atoms with Crippen molar-refractivity contribution < 1.29 is 93.0 Å². The summed E-state index contributed by atoms with van der Waals surface area (Å²) in [6.07, 6.45) is -4.17. The highest BCUT2D eigenvalue weighted by Gasteiger charge is 2.41. The summed E-state index contributed by atoms with van der Waals surface area (Å²) in [7, 11) is 0. The molecular weight excluding hydrogens is 1230 g/mol. The third-order valence-electron chi connectivity index (χ3n) is 15.1. The molecule has 0 saturated carbocycles. The molecule has 0 spiro atoms. The van der Waals surface area contributed by atoms with Crippen LogP contribution < -0.4 is 59.3 Å². The van der Waals surface area contributed by atoms with Crippen molar-refractivity contribution in [2.24, 2.45) is 23.3 Å². The fraction of sp³-hybridized carbons (Fsp3) is 0.508. The molecule has 1 heterocycles. The van der Waals surface area contributed by atoms with E-state index in [9.17, 15) is 93.0 Å². The normalized spacial score (nSPS) is 16.3. The lowest BCUT2D eigenvalue weighted by molar-refractivity contribution is -0.144. The zero-order valence-corrected chi connectivity index (χ0v) is 53.0. The van der Waals surface area contributed by atoms with Crippen molar-refractivity contribution in [3.8, 4) is 5.75 Å². The van der Waals surface area contributed by atoms with Crippen LogP contribution in [0.2, 0.25) is 0 Å². The lowest BCUT2D eigenvalue weighted by Gasteiger charge is -2.31. The van der Waals surface area contributed by atoms with Crippen molar-refractivity contribution in [2.75, 3.05) is 19.8 Å². The van der Waals surface area contributed by atoms with Gasteiger partial charge in [0, 0.05) is 32.2 Å². The minimum atomic E-state index is -1.82. The van der Waals surface area contributed by atoms with E-state index >= 15 is 0 Å². The molecule has 1 saturated heterocycles. The highest BCUT2D eigenvalue weighted by Crippen LogP contribution is 2.20. The minimum Gasteiger partial charge on any atom is -0.508 e. The maximum absolute atomic E-state index is 14.6. The maximum Gasteiger partial charge on any atom is 0.326 e. The van der Waals surface area contributed by atoms with Gasteiger partial charge in [0.2, 0.25) is 65.0 Å². The van der Waals surface area contributed by atoms with Crippen molar-refractivity contribution in [2.45, 2.75) is 171 Å². The number of nitrogens with two attached hydrogens (primary N) is 2. The summed E-state index contributed by atoms with van der Waals surface area (Å²) in [5.74, 6) is -14.6. The molecule has 0 aromatic heterocycles. The molecule has 0 unspecified atom stereocenters. The van der Waals surface area contributed by atoms with Gasteiger partial charge in [-0.2, -0.15) is 0 Å². The Hall–Kier alpha value is -9.59. The number of carboxylic acids is 2. The largest absolute Gasteiger partial charge is 0.508 e. The molecule has 0 aliphatic carbocycles. The fourth-order valence-corrected chi connectivity index (χ4v) is 10.2. The molecule has 514 valence electrons. The van der Waals surface area contributed by atoms with E-state index in [1.54, 1.807) is 74.5 Å². The number of nitrogens with zero attached hydrogens (tertiary/aromatic N) is 1. The van der Waals surface area contributed by atoms with Crippen LogP contribution in [-0.2, 0) is 81.6 Å². The number of hydrogen-bond acceptors (Lipinski definition) is 18. The van der Waals surface area contributed by atoms with Crippen molar-refractivity contribution >= 4 is 76.9 Å². The molecule has 31 heteroatoms. The van der Waals surface area contributed by atoms with Gasteiger partial charge >= 0.3 is 11.9 Å². The Morgan fingerprint density at radius 1 is 0.511 bits per heavy atom. The smallest absolute Gasteiger partial charge is 0.326 e. The number of carbonyl (C=O) groups is 13. The van der Waals surface area contributed by atoms with E-state index in [-0.39, 0.29) is 69.1 Å². The third-order valence-corrected chi connectivity index (χ3v) is 15.1. The number of aromatic hydroxyl groups is 1. The van der Waals surface area contributed by atoms with Crippen LogP contribution in [-0.4, -0.2) is 205 Å². The summed E-state index contributed by atoms with van der Waals surface area (Å²) < 4.78 is 0. The summed E-state index contributed by atoms with van der Waals surface area (Å²) in [6, 6.07) is 4.48. The zero-order chi connectivity index (χ0) is 69.9. The molecule has 1 aliphatic heterocycles. The van der Waals surface area contributed by atoms with Gasteiger partial charge in [0.15, 0.2) is 0 Å². The van der Waals surface area contributed by atoms with E-state index in [0.717, 1.165) is 11.8 Å². The average Bonchev–Trinajstić information content (AvgIpc) is 1.56. The monoisotopic (exact) mass is 1320 g/mol. The molecule has 0 radical (unpaired) electrons. The number of hydrogen-bond donors (Lipinski definition) is 17. The Balaban J connectivity index is 1.55. The Bertz CT molecular complexity index is 3100. The average molecular weight is 1320 g/mol. The number of aliphatic hydroxyl groups is 3. The van der Waals surface area contributed by atoms with Crippen molar-refractivity contribution in [1.29, 1.82) is 0 Å². The van der Waals surface area contributed by atoms with Gasteiger partial charge < -0.3 is 94.9 Å². The molecule has 3 aromatic rings. The molecule has 12 atom stereocenters. The van der Waals surface area contributed by atoms with E-state index < -0.39 is 182 Å². The minimum absolute atomic E-state index is 0.00938. The zero-order valence-electron chi connectivity index (χ0n) is 53.0. The Labute approximate surface area is 542 Å². The number of amides is 11. The molecule has 94 heavy (non-hydrogen) atoms. The summed E-state index contributed by atoms with van der Waals surface area (Å²) in [5, 5.41) is 82.7. The quantitative estimate of drug-likeness (QED) is 0.0263. The second-order valence-corrected chi connectivity index (χ2v) is 23.8. The summed E-state index contributed by atoms with van der Waals surface area (Å²) in [6.45, 7) is 5.96. The number of phenolic OH excluding ortho intramolecular Hbond substituents is 1. The number of carboxylic acid groups (broad SMARTS) is 2. The van der Waals surface area contributed by atoms with E-state index in [1.165, 1.54) is 24.3 Å². The van der Waals surface area contributed by atoms with Crippen LogP contribution in [0.5, 0.6) is 5.75 Å². The van der Waals surface area contributed by atoms with E-state index in [1.807, 2.05) is 13.8 Å². The van der Waals surface area contributed by atoms with Gasteiger partial charge in [-0.3, -0.25) is 57.5 Å². The van der Waals surface area contributed by atoms with Gasteiger partial charge in [-0.1, -0.05) is 100 Å². The summed E-state index contributed by atoms with van der Waals surface area (Å²) in [5.41, 5.74) is 12.9. The first-order valence-electron chi connectivity index (χ1n) is 30.7. The van der Waals surface area contributed by atoms with Gasteiger partial charge in [-0.05, 0) is 79.7 Å². The topological polar surface area (TPSA) is 507 Å². The number of rotatable bonds is 38. The number of nitrogens with one attached hydrogen (secondary N) is 9. The Morgan fingerprint density at radius 2 is 0.936 bits per heavy atom. The fourth-order valence-electron chi connectivity index (χ4n) is 10.2. The van der Waals surface area contributed by atoms with Crippen LogP contribution in [0, 0.1) is 11.8 Å². The first-order valence-corrected chi connectivity index (χ1v) is 30.7. The summed E-state index contributed by atoms with van der Waals surface area (Å²) >= 11 is 0.